The Morgan fingerprint density at radius 2 is 1.66 bits per heavy atom. The highest BCUT2D eigenvalue weighted by atomic mass is 19.1. The minimum Gasteiger partial charge on any atom is -0.497 e. The van der Waals surface area contributed by atoms with Crippen molar-refractivity contribution in [2.45, 2.75) is 38.4 Å². The van der Waals surface area contributed by atoms with Crippen molar-refractivity contribution in [3.63, 3.8) is 0 Å². The van der Waals surface area contributed by atoms with E-state index in [4.69, 9.17) is 14.2 Å². The Morgan fingerprint density at radius 3 is 2.31 bits per heavy atom. The number of carbonyl (C=O) groups is 1. The molecule has 1 aliphatic rings. The van der Waals surface area contributed by atoms with Crippen LogP contribution < -0.4 is 10.1 Å². The number of rotatable bonds is 9. The van der Waals surface area contributed by atoms with Crippen LogP contribution in [0.15, 0.2) is 84.6 Å². The highest BCUT2D eigenvalue weighted by Gasteiger charge is 2.29. The fourth-order valence-corrected chi connectivity index (χ4v) is 3.80. The number of benzene rings is 3. The van der Waals surface area contributed by atoms with Crippen molar-refractivity contribution in [3.8, 4) is 5.75 Å². The van der Waals surface area contributed by atoms with Crippen LogP contribution in [0.2, 0.25) is 0 Å². The van der Waals surface area contributed by atoms with Crippen LogP contribution in [-0.2, 0) is 34.0 Å². The third-order valence-corrected chi connectivity index (χ3v) is 5.83. The lowest BCUT2D eigenvalue weighted by Gasteiger charge is -2.29. The van der Waals surface area contributed by atoms with E-state index in [1.54, 1.807) is 25.3 Å². The zero-order valence-corrected chi connectivity index (χ0v) is 19.4. The second-order valence-corrected chi connectivity index (χ2v) is 8.29. The van der Waals surface area contributed by atoms with Gasteiger partial charge >= 0.3 is 0 Å². The van der Waals surface area contributed by atoms with Crippen LogP contribution in [0.1, 0.15) is 34.6 Å². The van der Waals surface area contributed by atoms with Crippen LogP contribution in [0.5, 0.6) is 5.75 Å². The molecule has 2 atom stereocenters. The summed E-state index contributed by atoms with van der Waals surface area (Å²) >= 11 is 0. The summed E-state index contributed by atoms with van der Waals surface area (Å²) in [5.74, 6) is 0.143. The lowest BCUT2D eigenvalue weighted by Crippen LogP contribution is -2.32. The standard InChI is InChI=1S/C28H28FNO5/c1-33-25-12-8-22(9-13-25)23-14-26(28(32)30-16-19-6-10-24(29)11-7-19)35-27(15-23)34-18-21-4-2-20(17-31)3-5-21/h2-14,23,27,31H,15-18H2,1H3,(H,30,32)/t23-,27+/m1/s1. The van der Waals surface area contributed by atoms with Crippen molar-refractivity contribution in [2.75, 3.05) is 7.11 Å². The lowest BCUT2D eigenvalue weighted by molar-refractivity contribution is -0.150. The van der Waals surface area contributed by atoms with Gasteiger partial charge in [-0.2, -0.15) is 0 Å². The maximum atomic E-state index is 13.2. The molecule has 35 heavy (non-hydrogen) atoms. The fraction of sp³-hybridized carbons (Fsp3) is 0.250. The largest absolute Gasteiger partial charge is 0.497 e. The first-order chi connectivity index (χ1) is 17.0. The van der Waals surface area contributed by atoms with Gasteiger partial charge in [-0.3, -0.25) is 4.79 Å². The molecule has 0 bridgehead atoms. The van der Waals surface area contributed by atoms with Gasteiger partial charge in [0.15, 0.2) is 5.76 Å². The smallest absolute Gasteiger partial charge is 0.286 e. The number of halogens is 1. The van der Waals surface area contributed by atoms with Crippen LogP contribution >= 0.6 is 0 Å². The predicted molar refractivity (Wildman–Crippen MR) is 129 cm³/mol. The molecule has 1 aliphatic heterocycles. The molecule has 0 radical (unpaired) electrons. The summed E-state index contributed by atoms with van der Waals surface area (Å²) < 4.78 is 30.4. The van der Waals surface area contributed by atoms with E-state index >= 15 is 0 Å². The van der Waals surface area contributed by atoms with Crippen LogP contribution in [0.3, 0.4) is 0 Å². The number of methoxy groups -OCH3 is 1. The number of amides is 1. The Balaban J connectivity index is 1.47. The van der Waals surface area contributed by atoms with E-state index in [1.165, 1.54) is 12.1 Å². The average molecular weight is 478 g/mol. The van der Waals surface area contributed by atoms with Gasteiger partial charge in [-0.05, 0) is 52.6 Å². The summed E-state index contributed by atoms with van der Waals surface area (Å²) in [7, 11) is 1.61. The Labute approximate surface area is 204 Å². The molecule has 3 aromatic rings. The summed E-state index contributed by atoms with van der Waals surface area (Å²) in [6.45, 7) is 0.531. The monoisotopic (exact) mass is 477 g/mol. The zero-order chi connectivity index (χ0) is 24.6. The third kappa shape index (κ3) is 6.68. The Bertz CT molecular complexity index is 1140. The molecule has 0 saturated heterocycles. The molecule has 7 heteroatoms. The predicted octanol–water partition coefficient (Wildman–Crippen LogP) is 4.57. The van der Waals surface area contributed by atoms with E-state index in [2.05, 4.69) is 5.32 Å². The van der Waals surface area contributed by atoms with Gasteiger partial charge in [-0.1, -0.05) is 48.5 Å². The summed E-state index contributed by atoms with van der Waals surface area (Å²) in [6.07, 6.45) is 1.71. The van der Waals surface area contributed by atoms with Gasteiger partial charge < -0.3 is 24.6 Å². The molecule has 3 aromatic carbocycles. The molecular weight excluding hydrogens is 449 g/mol. The molecule has 0 aromatic heterocycles. The zero-order valence-electron chi connectivity index (χ0n) is 19.4. The van der Waals surface area contributed by atoms with Crippen LogP contribution in [0.4, 0.5) is 4.39 Å². The molecule has 0 saturated carbocycles. The molecule has 2 N–H and O–H groups in total. The Morgan fingerprint density at radius 1 is 1.00 bits per heavy atom. The summed E-state index contributed by atoms with van der Waals surface area (Å²) in [5.41, 5.74) is 3.55. The van der Waals surface area contributed by atoms with E-state index in [1.807, 2.05) is 48.5 Å². The highest BCUT2D eigenvalue weighted by molar-refractivity contribution is 5.91. The number of carbonyl (C=O) groups excluding carboxylic acids is 1. The number of aliphatic hydroxyl groups is 1. The number of allylic oxidation sites excluding steroid dienone is 1. The lowest BCUT2D eigenvalue weighted by atomic mass is 9.93. The van der Waals surface area contributed by atoms with Crippen molar-refractivity contribution in [1.82, 2.24) is 5.32 Å². The van der Waals surface area contributed by atoms with E-state index in [9.17, 15) is 14.3 Å². The molecule has 0 spiro atoms. The van der Waals surface area contributed by atoms with Gasteiger partial charge in [0.1, 0.15) is 11.6 Å². The second-order valence-electron chi connectivity index (χ2n) is 8.29. The molecule has 1 heterocycles. The van der Waals surface area contributed by atoms with E-state index in [-0.39, 0.29) is 36.6 Å². The maximum absolute atomic E-state index is 13.2. The first-order valence-corrected chi connectivity index (χ1v) is 11.4. The molecule has 0 aliphatic carbocycles. The number of ether oxygens (including phenoxy) is 3. The summed E-state index contributed by atoms with van der Waals surface area (Å²) in [6, 6.07) is 21.1. The van der Waals surface area contributed by atoms with E-state index in [0.29, 0.717) is 13.0 Å². The van der Waals surface area contributed by atoms with Crippen LogP contribution in [0.25, 0.3) is 0 Å². The molecule has 182 valence electrons. The van der Waals surface area contributed by atoms with Gasteiger partial charge in [0.25, 0.3) is 5.91 Å². The number of aliphatic hydroxyl groups excluding tert-OH is 1. The van der Waals surface area contributed by atoms with Crippen molar-refractivity contribution in [2.24, 2.45) is 0 Å². The Hall–Kier alpha value is -3.68. The number of nitrogens with one attached hydrogen (secondary N) is 1. The third-order valence-electron chi connectivity index (χ3n) is 5.83. The minimum absolute atomic E-state index is 0.0163. The average Bonchev–Trinajstić information content (AvgIpc) is 2.91. The maximum Gasteiger partial charge on any atom is 0.286 e. The quantitative estimate of drug-likeness (QED) is 0.472. The first-order valence-electron chi connectivity index (χ1n) is 11.4. The molecular formula is C28H28FNO5. The minimum atomic E-state index is -0.629. The number of hydrogen-bond donors (Lipinski definition) is 2. The van der Waals surface area contributed by atoms with E-state index < -0.39 is 6.29 Å². The summed E-state index contributed by atoms with van der Waals surface area (Å²) in [4.78, 5) is 12.9. The van der Waals surface area contributed by atoms with Crippen LogP contribution in [-0.4, -0.2) is 24.4 Å². The van der Waals surface area contributed by atoms with Gasteiger partial charge in [-0.25, -0.2) is 4.39 Å². The second kappa shape index (κ2) is 11.6. The van der Waals surface area contributed by atoms with E-state index in [0.717, 1.165) is 28.0 Å². The summed E-state index contributed by atoms with van der Waals surface area (Å²) in [5, 5.41) is 12.1. The van der Waals surface area contributed by atoms with Gasteiger partial charge in [0.2, 0.25) is 6.29 Å². The van der Waals surface area contributed by atoms with Gasteiger partial charge in [0, 0.05) is 18.9 Å². The molecule has 4 rings (SSSR count). The van der Waals surface area contributed by atoms with Gasteiger partial charge in [0.05, 0.1) is 20.3 Å². The van der Waals surface area contributed by atoms with Crippen molar-refractivity contribution in [3.05, 3.63) is 113 Å². The topological polar surface area (TPSA) is 77.0 Å². The Kier molecular flexibility index (Phi) is 8.13. The number of hydrogen-bond acceptors (Lipinski definition) is 5. The molecule has 6 nitrogen and oxygen atoms in total. The van der Waals surface area contributed by atoms with Crippen molar-refractivity contribution >= 4 is 5.91 Å². The van der Waals surface area contributed by atoms with Crippen molar-refractivity contribution in [1.29, 1.82) is 0 Å². The molecule has 0 fully saturated rings. The molecule has 0 unspecified atom stereocenters. The van der Waals surface area contributed by atoms with Gasteiger partial charge in [-0.15, -0.1) is 0 Å². The fourth-order valence-electron chi connectivity index (χ4n) is 3.80. The van der Waals surface area contributed by atoms with Crippen molar-refractivity contribution < 1.29 is 28.5 Å². The molecule has 1 amide bonds. The normalized spacial score (nSPS) is 17.3. The SMILES string of the molecule is COc1ccc([C@@H]2C=C(C(=O)NCc3ccc(F)cc3)O[C@H](OCc3ccc(CO)cc3)C2)cc1. The first kappa shape index (κ1) is 24.4. The highest BCUT2D eigenvalue weighted by Crippen LogP contribution is 2.32. The van der Waals surface area contributed by atoms with Crippen LogP contribution in [0, 0.1) is 5.82 Å².